The van der Waals surface area contributed by atoms with Crippen molar-refractivity contribution in [3.63, 3.8) is 0 Å². The lowest BCUT2D eigenvalue weighted by atomic mass is 10.0. The van der Waals surface area contributed by atoms with Crippen LogP contribution in [-0.2, 0) is 4.84 Å². The summed E-state index contributed by atoms with van der Waals surface area (Å²) in [6, 6.07) is 0.684. The van der Waals surface area contributed by atoms with Gasteiger partial charge in [-0.05, 0) is 53.4 Å². The summed E-state index contributed by atoms with van der Waals surface area (Å²) in [6.07, 6.45) is 4.44. The van der Waals surface area contributed by atoms with E-state index in [2.05, 4.69) is 24.0 Å². The molecule has 1 aliphatic heterocycles. The maximum atomic E-state index is 10.0. The molecule has 1 saturated heterocycles. The van der Waals surface area contributed by atoms with Crippen molar-refractivity contribution in [3.8, 4) is 0 Å². The maximum Gasteiger partial charge on any atom is 0.274 e. The van der Waals surface area contributed by atoms with Crippen molar-refractivity contribution in [3.05, 3.63) is 0 Å². The smallest absolute Gasteiger partial charge is 0.274 e. The highest BCUT2D eigenvalue weighted by Crippen LogP contribution is 2.19. The van der Waals surface area contributed by atoms with E-state index in [1.165, 1.54) is 12.8 Å². The standard InChI is InChI=1S/C16H35N4O2/c1-7-14(8-2)18-12-10-15(11-13-18)22-17-20(21)19(9-3)16(4,5)6/h14-15H,7-13H2,1-6H3,(H,17,21)/q+1. The number of hydrazine groups is 1. The fraction of sp³-hybridized carbons (Fsp3) is 1.00. The summed E-state index contributed by atoms with van der Waals surface area (Å²) in [4.78, 5) is 8.95. The first-order valence-corrected chi connectivity index (χ1v) is 8.70. The highest BCUT2D eigenvalue weighted by molar-refractivity contribution is 4.77. The summed E-state index contributed by atoms with van der Waals surface area (Å²) < 4.78 is 0. The minimum Gasteiger partial charge on any atom is -0.339 e. The molecule has 6 nitrogen and oxygen atoms in total. The second kappa shape index (κ2) is 8.56. The first kappa shape index (κ1) is 19.0. The number of rotatable bonds is 7. The number of nitrogens with zero attached hydrogens (tertiary/aromatic N) is 4. The summed E-state index contributed by atoms with van der Waals surface area (Å²) in [7, 11) is 0. The van der Waals surface area contributed by atoms with Gasteiger partial charge in [-0.25, -0.2) is 5.21 Å². The number of hydrogen-bond donors (Lipinski definition) is 1. The average molecular weight is 315 g/mol. The topological polar surface area (TPSA) is 51.3 Å². The van der Waals surface area contributed by atoms with Crippen LogP contribution in [0.4, 0.5) is 0 Å². The third kappa shape index (κ3) is 5.30. The Bertz CT molecular complexity index is 343. The molecule has 6 heteroatoms. The van der Waals surface area contributed by atoms with Crippen LogP contribution in [0, 0.1) is 0 Å². The van der Waals surface area contributed by atoms with Gasteiger partial charge in [-0.2, -0.15) is 0 Å². The van der Waals surface area contributed by atoms with E-state index in [9.17, 15) is 5.21 Å². The lowest BCUT2D eigenvalue weighted by Crippen LogP contribution is -2.46. The van der Waals surface area contributed by atoms with Crippen LogP contribution >= 0.6 is 0 Å². The van der Waals surface area contributed by atoms with E-state index in [1.54, 1.807) is 5.01 Å². The Hall–Kier alpha value is -1.04. The van der Waals surface area contributed by atoms with Crippen LogP contribution in [0.15, 0.2) is 5.28 Å². The highest BCUT2D eigenvalue weighted by Gasteiger charge is 2.32. The maximum absolute atomic E-state index is 10.0. The van der Waals surface area contributed by atoms with Crippen molar-refractivity contribution in [1.82, 2.24) is 9.91 Å². The van der Waals surface area contributed by atoms with E-state index in [-0.39, 0.29) is 11.6 Å². The van der Waals surface area contributed by atoms with Gasteiger partial charge < -0.3 is 9.74 Å². The second-order valence-electron chi connectivity index (χ2n) is 7.05. The van der Waals surface area contributed by atoms with Crippen LogP contribution in [0.25, 0.3) is 0 Å². The molecule has 0 spiro atoms. The van der Waals surface area contributed by atoms with Gasteiger partial charge in [-0.15, -0.1) is 5.01 Å². The van der Waals surface area contributed by atoms with Crippen molar-refractivity contribution < 1.29 is 15.0 Å². The largest absolute Gasteiger partial charge is 0.339 e. The molecular weight excluding hydrogens is 280 g/mol. The Morgan fingerprint density at radius 3 is 2.18 bits per heavy atom. The van der Waals surface area contributed by atoms with Crippen LogP contribution in [-0.4, -0.2) is 57.4 Å². The molecule has 22 heavy (non-hydrogen) atoms. The molecule has 1 fully saturated rings. The first-order valence-electron chi connectivity index (χ1n) is 8.70. The van der Waals surface area contributed by atoms with E-state index in [1.807, 2.05) is 27.7 Å². The van der Waals surface area contributed by atoms with E-state index in [4.69, 9.17) is 4.84 Å². The van der Waals surface area contributed by atoms with Crippen molar-refractivity contribution in [1.29, 1.82) is 0 Å². The molecule has 1 rings (SSSR count). The van der Waals surface area contributed by atoms with Gasteiger partial charge in [0.1, 0.15) is 6.10 Å². The average Bonchev–Trinajstić information content (AvgIpc) is 2.47. The normalized spacial score (nSPS) is 18.8. The molecular formula is C16H35N4O2+. The molecule has 0 aromatic carbocycles. The third-order valence-electron chi connectivity index (χ3n) is 4.49. The molecule has 0 aromatic heterocycles. The van der Waals surface area contributed by atoms with Gasteiger partial charge in [0.2, 0.25) is 0 Å². The molecule has 130 valence electrons. The van der Waals surface area contributed by atoms with Crippen molar-refractivity contribution >= 4 is 0 Å². The van der Waals surface area contributed by atoms with Gasteiger partial charge in [0.05, 0.1) is 12.1 Å². The van der Waals surface area contributed by atoms with Gasteiger partial charge in [0.25, 0.3) is 10.2 Å². The predicted molar refractivity (Wildman–Crippen MR) is 86.7 cm³/mol. The molecule has 0 bridgehead atoms. The summed E-state index contributed by atoms with van der Waals surface area (Å²) in [5.41, 5.74) is -0.199. The van der Waals surface area contributed by atoms with Crippen LogP contribution in [0.2, 0.25) is 0 Å². The van der Waals surface area contributed by atoms with Gasteiger partial charge in [-0.1, -0.05) is 13.8 Å². The summed E-state index contributed by atoms with van der Waals surface area (Å²) in [5.74, 6) is 0. The highest BCUT2D eigenvalue weighted by atomic mass is 16.7. The Balaban J connectivity index is 2.48. The predicted octanol–water partition coefficient (Wildman–Crippen LogP) is 3.46. The fourth-order valence-electron chi connectivity index (χ4n) is 3.17. The summed E-state index contributed by atoms with van der Waals surface area (Å²) in [6.45, 7) is 15.3. The summed E-state index contributed by atoms with van der Waals surface area (Å²) >= 11 is 0. The van der Waals surface area contributed by atoms with E-state index in [0.717, 1.165) is 30.9 Å². The molecule has 0 amide bonds. The first-order chi connectivity index (χ1) is 10.3. The van der Waals surface area contributed by atoms with Crippen LogP contribution in [0.3, 0.4) is 0 Å². The summed E-state index contributed by atoms with van der Waals surface area (Å²) in [5, 5.41) is 15.7. The van der Waals surface area contributed by atoms with E-state index >= 15 is 0 Å². The monoisotopic (exact) mass is 315 g/mol. The molecule has 0 radical (unpaired) electrons. The van der Waals surface area contributed by atoms with Crippen LogP contribution in [0.1, 0.15) is 67.2 Å². The van der Waals surface area contributed by atoms with E-state index in [0.29, 0.717) is 12.6 Å². The van der Waals surface area contributed by atoms with Gasteiger partial charge >= 0.3 is 0 Å². The van der Waals surface area contributed by atoms with Crippen molar-refractivity contribution in [2.45, 2.75) is 84.9 Å². The van der Waals surface area contributed by atoms with Crippen LogP contribution in [0.5, 0.6) is 0 Å². The lowest BCUT2D eigenvalue weighted by Gasteiger charge is -2.35. The molecule has 1 N–H and O–H groups in total. The van der Waals surface area contributed by atoms with Gasteiger partial charge in [0, 0.05) is 19.1 Å². The third-order valence-corrected chi connectivity index (χ3v) is 4.49. The zero-order valence-corrected chi connectivity index (χ0v) is 15.2. The molecule has 1 aliphatic rings. The number of hydrogen-bond acceptors (Lipinski definition) is 3. The number of likely N-dealkylation sites (tertiary alicyclic amines) is 1. The second-order valence-corrected chi connectivity index (χ2v) is 7.05. The Kier molecular flexibility index (Phi) is 7.39. The number of piperidine rings is 1. The molecule has 0 atom stereocenters. The molecule has 0 aromatic rings. The Morgan fingerprint density at radius 1 is 1.23 bits per heavy atom. The fourth-order valence-corrected chi connectivity index (χ4v) is 3.17. The molecule has 1 heterocycles. The van der Waals surface area contributed by atoms with Gasteiger partial charge in [-0.3, -0.25) is 0 Å². The zero-order chi connectivity index (χ0) is 16.8. The Morgan fingerprint density at radius 2 is 1.77 bits per heavy atom. The van der Waals surface area contributed by atoms with Crippen molar-refractivity contribution in [2.24, 2.45) is 5.28 Å². The minimum atomic E-state index is -0.199. The molecule has 0 saturated carbocycles. The van der Waals surface area contributed by atoms with Gasteiger partial charge in [0.15, 0.2) is 0 Å². The Labute approximate surface area is 135 Å². The molecule has 0 unspecified atom stereocenters. The zero-order valence-electron chi connectivity index (χ0n) is 15.2. The van der Waals surface area contributed by atoms with Crippen LogP contribution < -0.4 is 0 Å². The molecule has 0 aliphatic carbocycles. The van der Waals surface area contributed by atoms with Crippen molar-refractivity contribution in [2.75, 3.05) is 19.6 Å². The SMILES string of the molecule is CCC(CC)N1CCC(O/N=[N+](\O)N(CC)C(C)(C)C)CC1. The lowest BCUT2D eigenvalue weighted by molar-refractivity contribution is -0.949. The van der Waals surface area contributed by atoms with E-state index < -0.39 is 0 Å². The quantitative estimate of drug-likeness (QED) is 0.444. The minimum absolute atomic E-state index is 0.0962.